The van der Waals surface area contributed by atoms with Gasteiger partial charge in [0.2, 0.25) is 0 Å². The van der Waals surface area contributed by atoms with Gasteiger partial charge >= 0.3 is 5.97 Å². The number of halogens is 3. The number of benzene rings is 2. The minimum Gasteiger partial charge on any atom is -0.480 e. The zero-order valence-corrected chi connectivity index (χ0v) is 13.7. The van der Waals surface area contributed by atoms with Gasteiger partial charge in [-0.25, -0.2) is 18.0 Å². The van der Waals surface area contributed by atoms with Crippen molar-refractivity contribution in [3.05, 3.63) is 77.2 Å². The van der Waals surface area contributed by atoms with Gasteiger partial charge in [-0.3, -0.25) is 9.78 Å². The number of nitrogens with one attached hydrogen (secondary N) is 1. The lowest BCUT2D eigenvalue weighted by molar-refractivity contribution is -0.139. The van der Waals surface area contributed by atoms with Crippen LogP contribution >= 0.6 is 0 Å². The number of aromatic nitrogens is 1. The molecule has 0 spiro atoms. The summed E-state index contributed by atoms with van der Waals surface area (Å²) in [5, 5.41) is 12.2. The summed E-state index contributed by atoms with van der Waals surface area (Å²) < 4.78 is 40.4. The van der Waals surface area contributed by atoms with Crippen molar-refractivity contribution in [2.75, 3.05) is 0 Å². The van der Waals surface area contributed by atoms with Gasteiger partial charge in [-0.15, -0.1) is 0 Å². The highest BCUT2D eigenvalue weighted by molar-refractivity contribution is 5.97. The van der Waals surface area contributed by atoms with E-state index in [1.54, 1.807) is 24.3 Å². The molecule has 138 valence electrons. The Morgan fingerprint density at radius 3 is 2.37 bits per heavy atom. The summed E-state index contributed by atoms with van der Waals surface area (Å²) in [6, 6.07) is 9.75. The number of carbonyl (C=O) groups is 2. The predicted molar refractivity (Wildman–Crippen MR) is 90.7 cm³/mol. The van der Waals surface area contributed by atoms with E-state index in [1.165, 1.54) is 0 Å². The average molecular weight is 374 g/mol. The van der Waals surface area contributed by atoms with Gasteiger partial charge in [0.15, 0.2) is 0 Å². The number of hydrogen-bond acceptors (Lipinski definition) is 3. The third-order valence-corrected chi connectivity index (χ3v) is 3.91. The Kier molecular flexibility index (Phi) is 5.07. The van der Waals surface area contributed by atoms with E-state index in [4.69, 9.17) is 0 Å². The lowest BCUT2D eigenvalue weighted by atomic mass is 10.1. The van der Waals surface area contributed by atoms with Crippen molar-refractivity contribution in [3.63, 3.8) is 0 Å². The fraction of sp³-hybridized carbons (Fsp3) is 0.105. The van der Waals surface area contributed by atoms with E-state index >= 15 is 0 Å². The lowest BCUT2D eigenvalue weighted by Crippen LogP contribution is -2.43. The first-order chi connectivity index (χ1) is 12.8. The number of rotatable bonds is 5. The van der Waals surface area contributed by atoms with Crippen LogP contribution in [0.2, 0.25) is 0 Å². The van der Waals surface area contributed by atoms with Gasteiger partial charge < -0.3 is 10.4 Å². The second-order valence-corrected chi connectivity index (χ2v) is 5.81. The number of nitrogens with zero attached hydrogens (tertiary/aromatic N) is 1. The number of carboxylic acid groups (broad SMARTS) is 1. The summed E-state index contributed by atoms with van der Waals surface area (Å²) >= 11 is 0. The second kappa shape index (κ2) is 7.45. The summed E-state index contributed by atoms with van der Waals surface area (Å²) in [7, 11) is 0. The molecule has 3 rings (SSSR count). The van der Waals surface area contributed by atoms with Crippen LogP contribution in [0.1, 0.15) is 16.1 Å². The standard InChI is InChI=1S/C19H13F3N2O3/c20-11-7-13(21)17(14(22)8-11)18(25)24-16(19(26)27)9-12-6-5-10-3-1-2-4-15(10)23-12/h1-8,16H,9H2,(H,24,25)(H,26,27)/t16-/m0/s1. The molecule has 8 heteroatoms. The second-order valence-electron chi connectivity index (χ2n) is 5.81. The maximum Gasteiger partial charge on any atom is 0.326 e. The van der Waals surface area contributed by atoms with E-state index in [-0.39, 0.29) is 6.42 Å². The van der Waals surface area contributed by atoms with Gasteiger partial charge in [-0.05, 0) is 12.1 Å². The van der Waals surface area contributed by atoms with Crippen molar-refractivity contribution in [2.24, 2.45) is 0 Å². The van der Waals surface area contributed by atoms with Crippen molar-refractivity contribution >= 4 is 22.8 Å². The van der Waals surface area contributed by atoms with Crippen molar-refractivity contribution < 1.29 is 27.9 Å². The molecule has 3 aromatic rings. The molecule has 0 aliphatic rings. The third-order valence-electron chi connectivity index (χ3n) is 3.91. The number of para-hydroxylation sites is 1. The largest absolute Gasteiger partial charge is 0.480 e. The van der Waals surface area contributed by atoms with Crippen LogP contribution in [0.5, 0.6) is 0 Å². The third kappa shape index (κ3) is 4.05. The molecule has 0 aliphatic heterocycles. The summed E-state index contributed by atoms with van der Waals surface area (Å²) in [4.78, 5) is 27.9. The van der Waals surface area contributed by atoms with Gasteiger partial charge in [0, 0.05) is 29.6 Å². The number of pyridine rings is 1. The molecule has 2 aromatic carbocycles. The van der Waals surface area contributed by atoms with E-state index in [1.807, 2.05) is 17.4 Å². The van der Waals surface area contributed by atoms with Crippen LogP contribution in [0, 0.1) is 17.5 Å². The minimum atomic E-state index is -1.48. The molecule has 0 saturated carbocycles. The number of aliphatic carboxylic acids is 1. The van der Waals surface area contributed by atoms with Crippen molar-refractivity contribution in [1.29, 1.82) is 0 Å². The lowest BCUT2D eigenvalue weighted by Gasteiger charge is -2.15. The van der Waals surface area contributed by atoms with E-state index < -0.39 is 40.9 Å². The molecule has 0 saturated heterocycles. The SMILES string of the molecule is O=C(N[C@@H](Cc1ccc2ccccc2n1)C(=O)O)c1c(F)cc(F)cc1F. The van der Waals surface area contributed by atoms with Crippen LogP contribution in [0.15, 0.2) is 48.5 Å². The number of carboxylic acids is 1. The summed E-state index contributed by atoms with van der Waals surface area (Å²) in [6.45, 7) is 0. The van der Waals surface area contributed by atoms with Crippen molar-refractivity contribution in [2.45, 2.75) is 12.5 Å². The van der Waals surface area contributed by atoms with Crippen molar-refractivity contribution in [1.82, 2.24) is 10.3 Å². The van der Waals surface area contributed by atoms with Gasteiger partial charge in [0.05, 0.1) is 5.52 Å². The molecule has 27 heavy (non-hydrogen) atoms. The van der Waals surface area contributed by atoms with E-state index in [2.05, 4.69) is 4.98 Å². The van der Waals surface area contributed by atoms with Crippen LogP contribution in [0.4, 0.5) is 13.2 Å². The molecule has 1 aromatic heterocycles. The Hall–Kier alpha value is -3.42. The quantitative estimate of drug-likeness (QED) is 0.719. The first-order valence-electron chi connectivity index (χ1n) is 7.88. The summed E-state index contributed by atoms with van der Waals surface area (Å²) in [6.07, 6.45) is -0.198. The monoisotopic (exact) mass is 374 g/mol. The molecule has 2 N–H and O–H groups in total. The molecule has 0 aliphatic carbocycles. The topological polar surface area (TPSA) is 79.3 Å². The first-order valence-corrected chi connectivity index (χ1v) is 7.88. The number of fused-ring (bicyclic) bond motifs is 1. The fourth-order valence-electron chi connectivity index (χ4n) is 2.62. The Morgan fingerprint density at radius 1 is 1.04 bits per heavy atom. The molecule has 1 amide bonds. The number of carbonyl (C=O) groups excluding carboxylic acids is 1. The molecular formula is C19H13F3N2O3. The van der Waals surface area contributed by atoms with Crippen LogP contribution < -0.4 is 5.32 Å². The Balaban J connectivity index is 1.83. The number of hydrogen-bond donors (Lipinski definition) is 2. The molecule has 1 heterocycles. The van der Waals surface area contributed by atoms with Crippen LogP contribution in [0.25, 0.3) is 10.9 Å². The van der Waals surface area contributed by atoms with Gasteiger partial charge in [-0.2, -0.15) is 0 Å². The maximum absolute atomic E-state index is 13.7. The Morgan fingerprint density at radius 2 is 1.70 bits per heavy atom. The Labute approximate surface area is 151 Å². The van der Waals surface area contributed by atoms with Crippen molar-refractivity contribution in [3.8, 4) is 0 Å². The zero-order chi connectivity index (χ0) is 19.6. The predicted octanol–water partition coefficient (Wildman–Crippen LogP) is 3.08. The van der Waals surface area contributed by atoms with Crippen LogP contribution in [-0.2, 0) is 11.2 Å². The molecular weight excluding hydrogens is 361 g/mol. The molecule has 0 unspecified atom stereocenters. The van der Waals surface area contributed by atoms with Gasteiger partial charge in [0.25, 0.3) is 5.91 Å². The maximum atomic E-state index is 13.7. The smallest absolute Gasteiger partial charge is 0.326 e. The average Bonchev–Trinajstić information content (AvgIpc) is 2.60. The zero-order valence-electron chi connectivity index (χ0n) is 13.7. The van der Waals surface area contributed by atoms with Crippen LogP contribution in [0.3, 0.4) is 0 Å². The highest BCUT2D eigenvalue weighted by atomic mass is 19.1. The summed E-state index contributed by atoms with van der Waals surface area (Å²) in [5.41, 5.74) is -0.0309. The minimum absolute atomic E-state index is 0.198. The number of amides is 1. The fourth-order valence-corrected chi connectivity index (χ4v) is 2.62. The highest BCUT2D eigenvalue weighted by Crippen LogP contribution is 2.16. The van der Waals surface area contributed by atoms with Crippen LogP contribution in [-0.4, -0.2) is 28.0 Å². The van der Waals surface area contributed by atoms with Gasteiger partial charge in [0.1, 0.15) is 29.1 Å². The molecule has 0 bridgehead atoms. The van der Waals surface area contributed by atoms with E-state index in [0.29, 0.717) is 23.3 Å². The molecule has 1 atom stereocenters. The molecule has 0 fully saturated rings. The summed E-state index contributed by atoms with van der Waals surface area (Å²) in [5.74, 6) is -6.72. The first kappa shape index (κ1) is 18.4. The van der Waals surface area contributed by atoms with Gasteiger partial charge in [-0.1, -0.05) is 24.3 Å². The Bertz CT molecular complexity index is 1020. The normalized spacial score (nSPS) is 12.0. The van der Waals surface area contributed by atoms with E-state index in [9.17, 15) is 27.9 Å². The molecule has 5 nitrogen and oxygen atoms in total. The molecule has 0 radical (unpaired) electrons. The van der Waals surface area contributed by atoms with E-state index in [0.717, 1.165) is 5.39 Å². The highest BCUT2D eigenvalue weighted by Gasteiger charge is 2.26.